The molecule has 2 unspecified atom stereocenters. The number of nitrogens with one attached hydrogen (secondary N) is 1. The van der Waals surface area contributed by atoms with Crippen LogP contribution < -0.4 is 10.1 Å². The Balaban J connectivity index is 1.83. The molecule has 0 spiro atoms. The molecule has 0 aromatic heterocycles. The summed E-state index contributed by atoms with van der Waals surface area (Å²) < 4.78 is 21.4. The number of carbonyl (C=O) groups is 2. The van der Waals surface area contributed by atoms with Crippen molar-refractivity contribution in [2.45, 2.75) is 51.5 Å². The number of rotatable bonds is 7. The second-order valence-electron chi connectivity index (χ2n) is 6.70. The highest BCUT2D eigenvalue weighted by Gasteiger charge is 2.20. The maximum atomic E-state index is 11.8. The van der Waals surface area contributed by atoms with Crippen LogP contribution in [-0.2, 0) is 19.0 Å². The van der Waals surface area contributed by atoms with E-state index in [0.29, 0.717) is 17.6 Å². The third-order valence-electron chi connectivity index (χ3n) is 3.41. The molecule has 25 heavy (non-hydrogen) atoms. The van der Waals surface area contributed by atoms with Crippen LogP contribution in [0.5, 0.6) is 5.75 Å². The first kappa shape index (κ1) is 19.2. The van der Waals surface area contributed by atoms with Crippen LogP contribution in [0, 0.1) is 0 Å². The second-order valence-corrected chi connectivity index (χ2v) is 6.70. The first-order valence-corrected chi connectivity index (χ1v) is 8.28. The standard InChI is InChI=1S/C18H25NO6/c1-18(2,3)25-17(21)19-15(11-20)13-6-8-14(9-7-13)23-12-24-16-5-4-10-22-16/h6-9,11,15-16H,4-5,10,12H2,1-3H3,(H,19,21). The van der Waals surface area contributed by atoms with Crippen LogP contribution in [0.25, 0.3) is 0 Å². The molecule has 0 radical (unpaired) electrons. The molecule has 7 heteroatoms. The molecular formula is C18H25NO6. The fourth-order valence-corrected chi connectivity index (χ4v) is 2.26. The molecule has 1 aliphatic heterocycles. The number of benzene rings is 1. The first-order valence-electron chi connectivity index (χ1n) is 8.28. The van der Waals surface area contributed by atoms with Gasteiger partial charge in [-0.1, -0.05) is 12.1 Å². The Morgan fingerprint density at radius 1 is 1.36 bits per heavy atom. The van der Waals surface area contributed by atoms with E-state index in [1.165, 1.54) is 0 Å². The van der Waals surface area contributed by atoms with Gasteiger partial charge in [0, 0.05) is 13.0 Å². The van der Waals surface area contributed by atoms with Crippen molar-refractivity contribution >= 4 is 12.4 Å². The zero-order valence-corrected chi connectivity index (χ0v) is 14.8. The van der Waals surface area contributed by atoms with Gasteiger partial charge in [-0.3, -0.25) is 0 Å². The van der Waals surface area contributed by atoms with Crippen molar-refractivity contribution in [3.63, 3.8) is 0 Å². The molecule has 1 N–H and O–H groups in total. The Bertz CT molecular complexity index is 560. The molecule has 1 aliphatic rings. The molecule has 0 bridgehead atoms. The quantitative estimate of drug-likeness (QED) is 0.601. The fraction of sp³-hybridized carbons (Fsp3) is 0.556. The van der Waals surface area contributed by atoms with E-state index >= 15 is 0 Å². The number of hydrogen-bond donors (Lipinski definition) is 1. The number of ether oxygens (including phenoxy) is 4. The van der Waals surface area contributed by atoms with Gasteiger partial charge in [0.25, 0.3) is 0 Å². The van der Waals surface area contributed by atoms with Gasteiger partial charge in [-0.25, -0.2) is 4.79 Å². The second kappa shape index (κ2) is 8.82. The lowest BCUT2D eigenvalue weighted by molar-refractivity contribution is -0.149. The summed E-state index contributed by atoms with van der Waals surface area (Å²) in [6.45, 7) is 6.09. The smallest absolute Gasteiger partial charge is 0.408 e. The third kappa shape index (κ3) is 6.72. The summed E-state index contributed by atoms with van der Waals surface area (Å²) in [5.41, 5.74) is 0.00590. The first-order chi connectivity index (χ1) is 11.9. The van der Waals surface area contributed by atoms with Crippen molar-refractivity contribution in [1.82, 2.24) is 5.32 Å². The molecule has 1 saturated heterocycles. The van der Waals surface area contributed by atoms with E-state index in [1.54, 1.807) is 45.0 Å². The van der Waals surface area contributed by atoms with Crippen LogP contribution in [0.15, 0.2) is 24.3 Å². The maximum Gasteiger partial charge on any atom is 0.408 e. The Hall–Kier alpha value is -2.12. The van der Waals surface area contributed by atoms with E-state index in [4.69, 9.17) is 18.9 Å². The van der Waals surface area contributed by atoms with E-state index in [0.717, 1.165) is 19.4 Å². The maximum absolute atomic E-state index is 11.8. The molecule has 1 aromatic carbocycles. The Labute approximate surface area is 147 Å². The molecule has 1 fully saturated rings. The van der Waals surface area contributed by atoms with Gasteiger partial charge < -0.3 is 29.1 Å². The highest BCUT2D eigenvalue weighted by molar-refractivity contribution is 5.74. The normalized spacial score (nSPS) is 18.4. The lowest BCUT2D eigenvalue weighted by Gasteiger charge is -2.21. The van der Waals surface area contributed by atoms with E-state index < -0.39 is 17.7 Å². The molecular weight excluding hydrogens is 326 g/mol. The van der Waals surface area contributed by atoms with Gasteiger partial charge in [-0.05, 0) is 44.9 Å². The van der Waals surface area contributed by atoms with Crippen LogP contribution in [-0.4, -0.2) is 37.7 Å². The Morgan fingerprint density at radius 2 is 2.08 bits per heavy atom. The lowest BCUT2D eigenvalue weighted by atomic mass is 10.1. The average Bonchev–Trinajstić information content (AvgIpc) is 3.05. The van der Waals surface area contributed by atoms with Crippen LogP contribution >= 0.6 is 0 Å². The Kier molecular flexibility index (Phi) is 6.78. The van der Waals surface area contributed by atoms with E-state index in [2.05, 4.69) is 5.32 Å². The van der Waals surface area contributed by atoms with Gasteiger partial charge in [0.05, 0.1) is 0 Å². The summed E-state index contributed by atoms with van der Waals surface area (Å²) >= 11 is 0. The molecule has 2 rings (SSSR count). The fourth-order valence-electron chi connectivity index (χ4n) is 2.26. The van der Waals surface area contributed by atoms with Crippen LogP contribution in [0.4, 0.5) is 4.79 Å². The molecule has 0 aliphatic carbocycles. The zero-order chi connectivity index (χ0) is 18.3. The van der Waals surface area contributed by atoms with Gasteiger partial charge in [-0.2, -0.15) is 0 Å². The predicted octanol–water partition coefficient (Wildman–Crippen LogP) is 2.94. The average molecular weight is 351 g/mol. The van der Waals surface area contributed by atoms with Gasteiger partial charge in [0.1, 0.15) is 23.7 Å². The minimum absolute atomic E-state index is 0.0945. The SMILES string of the molecule is CC(C)(C)OC(=O)NC(C=O)c1ccc(OCOC2CCCO2)cc1. The molecule has 7 nitrogen and oxygen atoms in total. The summed E-state index contributed by atoms with van der Waals surface area (Å²) in [6.07, 6.45) is 1.68. The van der Waals surface area contributed by atoms with Crippen molar-refractivity contribution in [2.24, 2.45) is 0 Å². The van der Waals surface area contributed by atoms with Crippen LogP contribution in [0.3, 0.4) is 0 Å². The summed E-state index contributed by atoms with van der Waals surface area (Å²) in [4.78, 5) is 23.1. The molecule has 138 valence electrons. The van der Waals surface area contributed by atoms with Crippen molar-refractivity contribution in [3.8, 4) is 5.75 Å². The molecule has 0 saturated carbocycles. The molecule has 1 heterocycles. The van der Waals surface area contributed by atoms with E-state index in [-0.39, 0.29) is 13.1 Å². The van der Waals surface area contributed by atoms with Gasteiger partial charge in [0.15, 0.2) is 13.1 Å². The van der Waals surface area contributed by atoms with Gasteiger partial charge in [0.2, 0.25) is 0 Å². The molecule has 1 amide bonds. The van der Waals surface area contributed by atoms with Crippen LogP contribution in [0.2, 0.25) is 0 Å². The van der Waals surface area contributed by atoms with Crippen molar-refractivity contribution in [1.29, 1.82) is 0 Å². The van der Waals surface area contributed by atoms with Crippen molar-refractivity contribution < 1.29 is 28.5 Å². The van der Waals surface area contributed by atoms with E-state index in [9.17, 15) is 9.59 Å². The van der Waals surface area contributed by atoms with Crippen molar-refractivity contribution in [2.75, 3.05) is 13.4 Å². The zero-order valence-electron chi connectivity index (χ0n) is 14.8. The Morgan fingerprint density at radius 3 is 2.64 bits per heavy atom. The third-order valence-corrected chi connectivity index (χ3v) is 3.41. The summed E-state index contributed by atoms with van der Waals surface area (Å²) in [7, 11) is 0. The number of alkyl carbamates (subject to hydrolysis) is 1. The minimum Gasteiger partial charge on any atom is -0.467 e. The monoisotopic (exact) mass is 351 g/mol. The predicted molar refractivity (Wildman–Crippen MR) is 90.2 cm³/mol. The lowest BCUT2D eigenvalue weighted by Crippen LogP contribution is -2.35. The summed E-state index contributed by atoms with van der Waals surface area (Å²) in [5, 5.41) is 2.53. The van der Waals surface area contributed by atoms with Gasteiger partial charge in [-0.15, -0.1) is 0 Å². The number of aldehydes is 1. The van der Waals surface area contributed by atoms with Gasteiger partial charge >= 0.3 is 6.09 Å². The topological polar surface area (TPSA) is 83.1 Å². The highest BCUT2D eigenvalue weighted by atomic mass is 16.7. The molecule has 1 aromatic rings. The number of hydrogen-bond acceptors (Lipinski definition) is 6. The summed E-state index contributed by atoms with van der Waals surface area (Å²) in [6, 6.07) is 6.05. The number of carbonyl (C=O) groups excluding carboxylic acids is 2. The number of amides is 1. The summed E-state index contributed by atoms with van der Waals surface area (Å²) in [5.74, 6) is 0.601. The minimum atomic E-state index is -0.785. The largest absolute Gasteiger partial charge is 0.467 e. The van der Waals surface area contributed by atoms with E-state index in [1.807, 2.05) is 0 Å². The van der Waals surface area contributed by atoms with Crippen molar-refractivity contribution in [3.05, 3.63) is 29.8 Å². The molecule has 2 atom stereocenters. The van der Waals surface area contributed by atoms with Crippen LogP contribution in [0.1, 0.15) is 45.2 Å². The highest BCUT2D eigenvalue weighted by Crippen LogP contribution is 2.19.